The standard InChI is InChI=1S/C13H15ClN4S/c14-11-4-2-1-3-10(11)9-12-16-13(19-17-12)18-7-5-15-6-8-18/h1-4,15H,5-9H2. The Morgan fingerprint density at radius 3 is 2.84 bits per heavy atom. The minimum atomic E-state index is 0.697. The molecule has 100 valence electrons. The molecular weight excluding hydrogens is 280 g/mol. The third kappa shape index (κ3) is 3.05. The fourth-order valence-corrected chi connectivity index (χ4v) is 3.05. The number of anilines is 1. The summed E-state index contributed by atoms with van der Waals surface area (Å²) in [5.74, 6) is 0.853. The normalized spacial score (nSPS) is 15.7. The van der Waals surface area contributed by atoms with Crippen LogP contribution in [0.15, 0.2) is 24.3 Å². The number of nitrogens with zero attached hydrogens (tertiary/aromatic N) is 3. The second-order valence-corrected chi connectivity index (χ2v) is 5.64. The number of hydrogen-bond donors (Lipinski definition) is 1. The average Bonchev–Trinajstić information content (AvgIpc) is 2.91. The average molecular weight is 295 g/mol. The zero-order valence-corrected chi connectivity index (χ0v) is 12.0. The Hall–Kier alpha value is -1.17. The number of benzene rings is 1. The Kier molecular flexibility index (Phi) is 3.96. The van der Waals surface area contributed by atoms with Crippen LogP contribution in [0, 0.1) is 0 Å². The zero-order chi connectivity index (χ0) is 13.1. The molecule has 1 aromatic carbocycles. The molecule has 0 radical (unpaired) electrons. The SMILES string of the molecule is Clc1ccccc1Cc1nsc(N2CCNCC2)n1. The molecule has 1 saturated heterocycles. The van der Waals surface area contributed by atoms with Gasteiger partial charge >= 0.3 is 0 Å². The molecule has 0 spiro atoms. The van der Waals surface area contributed by atoms with Gasteiger partial charge < -0.3 is 10.2 Å². The minimum absolute atomic E-state index is 0.697. The van der Waals surface area contributed by atoms with Crippen LogP contribution in [0.25, 0.3) is 0 Å². The van der Waals surface area contributed by atoms with Crippen molar-refractivity contribution < 1.29 is 0 Å². The predicted octanol–water partition coefficient (Wildman–Crippen LogP) is 2.19. The number of rotatable bonds is 3. The zero-order valence-electron chi connectivity index (χ0n) is 10.5. The van der Waals surface area contributed by atoms with E-state index in [1.807, 2.05) is 24.3 Å². The number of hydrogen-bond acceptors (Lipinski definition) is 5. The lowest BCUT2D eigenvalue weighted by atomic mass is 10.1. The molecule has 0 unspecified atom stereocenters. The third-order valence-electron chi connectivity index (χ3n) is 3.15. The van der Waals surface area contributed by atoms with Gasteiger partial charge in [-0.1, -0.05) is 29.8 Å². The molecule has 2 aromatic rings. The molecule has 0 aliphatic carbocycles. The highest BCUT2D eigenvalue weighted by atomic mass is 35.5. The first-order chi connectivity index (χ1) is 9.33. The number of piperazine rings is 1. The summed E-state index contributed by atoms with van der Waals surface area (Å²) in [5.41, 5.74) is 1.08. The summed E-state index contributed by atoms with van der Waals surface area (Å²) < 4.78 is 4.44. The first kappa shape index (κ1) is 12.8. The Morgan fingerprint density at radius 2 is 2.05 bits per heavy atom. The van der Waals surface area contributed by atoms with Gasteiger partial charge in [0.2, 0.25) is 5.13 Å². The highest BCUT2D eigenvalue weighted by molar-refractivity contribution is 7.09. The smallest absolute Gasteiger partial charge is 0.205 e. The van der Waals surface area contributed by atoms with Crippen LogP contribution in [0.1, 0.15) is 11.4 Å². The summed E-state index contributed by atoms with van der Waals surface area (Å²) in [7, 11) is 0. The van der Waals surface area contributed by atoms with Crippen molar-refractivity contribution in [2.75, 3.05) is 31.1 Å². The molecule has 0 bridgehead atoms. The van der Waals surface area contributed by atoms with Crippen molar-refractivity contribution in [1.29, 1.82) is 0 Å². The van der Waals surface area contributed by atoms with Gasteiger partial charge in [-0.15, -0.1) is 0 Å². The fourth-order valence-electron chi connectivity index (χ4n) is 2.11. The molecule has 19 heavy (non-hydrogen) atoms. The van der Waals surface area contributed by atoms with Crippen LogP contribution in [0.5, 0.6) is 0 Å². The Balaban J connectivity index is 1.73. The van der Waals surface area contributed by atoms with Gasteiger partial charge in [0, 0.05) is 49.2 Å². The fraction of sp³-hybridized carbons (Fsp3) is 0.385. The number of nitrogens with one attached hydrogen (secondary N) is 1. The van der Waals surface area contributed by atoms with Gasteiger partial charge in [0.1, 0.15) is 5.82 Å². The molecule has 1 fully saturated rings. The number of aromatic nitrogens is 2. The second kappa shape index (κ2) is 5.86. The van der Waals surface area contributed by atoms with E-state index in [0.29, 0.717) is 6.42 Å². The lowest BCUT2D eigenvalue weighted by molar-refractivity contribution is 0.588. The molecule has 0 amide bonds. The van der Waals surface area contributed by atoms with Crippen molar-refractivity contribution >= 4 is 28.3 Å². The topological polar surface area (TPSA) is 41.1 Å². The minimum Gasteiger partial charge on any atom is -0.344 e. The third-order valence-corrected chi connectivity index (χ3v) is 4.33. The highest BCUT2D eigenvalue weighted by Crippen LogP contribution is 2.22. The lowest BCUT2D eigenvalue weighted by Gasteiger charge is -2.26. The highest BCUT2D eigenvalue weighted by Gasteiger charge is 2.15. The van der Waals surface area contributed by atoms with E-state index < -0.39 is 0 Å². The molecule has 3 rings (SSSR count). The molecular formula is C13H15ClN4S. The summed E-state index contributed by atoms with van der Waals surface area (Å²) in [5, 5.41) is 5.13. The predicted molar refractivity (Wildman–Crippen MR) is 79.2 cm³/mol. The van der Waals surface area contributed by atoms with E-state index in [0.717, 1.165) is 47.7 Å². The molecule has 2 heterocycles. The van der Waals surface area contributed by atoms with Crippen molar-refractivity contribution in [2.24, 2.45) is 0 Å². The summed E-state index contributed by atoms with van der Waals surface area (Å²) in [6, 6.07) is 7.85. The molecule has 1 N–H and O–H groups in total. The van der Waals surface area contributed by atoms with Gasteiger partial charge in [0.15, 0.2) is 0 Å². The molecule has 1 aromatic heterocycles. The van der Waals surface area contributed by atoms with Crippen LogP contribution in [0.3, 0.4) is 0 Å². The van der Waals surface area contributed by atoms with E-state index in [2.05, 4.69) is 19.6 Å². The maximum atomic E-state index is 6.16. The first-order valence-electron chi connectivity index (χ1n) is 6.34. The van der Waals surface area contributed by atoms with Gasteiger partial charge in [-0.3, -0.25) is 0 Å². The van der Waals surface area contributed by atoms with Gasteiger partial charge in [-0.05, 0) is 11.6 Å². The molecule has 0 saturated carbocycles. The van der Waals surface area contributed by atoms with Gasteiger partial charge in [-0.2, -0.15) is 4.37 Å². The summed E-state index contributed by atoms with van der Waals surface area (Å²) in [4.78, 5) is 6.90. The molecule has 4 nitrogen and oxygen atoms in total. The Bertz CT molecular complexity index is 551. The van der Waals surface area contributed by atoms with Crippen LogP contribution in [0.4, 0.5) is 5.13 Å². The number of halogens is 1. The Morgan fingerprint density at radius 1 is 1.26 bits per heavy atom. The van der Waals surface area contributed by atoms with E-state index >= 15 is 0 Å². The van der Waals surface area contributed by atoms with Crippen LogP contribution >= 0.6 is 23.1 Å². The summed E-state index contributed by atoms with van der Waals surface area (Å²) in [6.45, 7) is 4.03. The van der Waals surface area contributed by atoms with Crippen LogP contribution < -0.4 is 10.2 Å². The maximum absolute atomic E-state index is 6.16. The van der Waals surface area contributed by atoms with E-state index in [-0.39, 0.29) is 0 Å². The van der Waals surface area contributed by atoms with Crippen molar-refractivity contribution in [2.45, 2.75) is 6.42 Å². The van der Waals surface area contributed by atoms with E-state index in [1.54, 1.807) is 0 Å². The second-order valence-electron chi connectivity index (χ2n) is 4.50. The first-order valence-corrected chi connectivity index (χ1v) is 7.50. The molecule has 6 heteroatoms. The van der Waals surface area contributed by atoms with E-state index in [1.165, 1.54) is 11.5 Å². The van der Waals surface area contributed by atoms with Crippen LogP contribution in [-0.2, 0) is 6.42 Å². The monoisotopic (exact) mass is 294 g/mol. The van der Waals surface area contributed by atoms with Gasteiger partial charge in [0.05, 0.1) is 0 Å². The summed E-state index contributed by atoms with van der Waals surface area (Å²) >= 11 is 7.63. The molecule has 0 atom stereocenters. The molecule has 1 aliphatic rings. The van der Waals surface area contributed by atoms with Crippen LogP contribution in [0.2, 0.25) is 5.02 Å². The maximum Gasteiger partial charge on any atom is 0.205 e. The lowest BCUT2D eigenvalue weighted by Crippen LogP contribution is -2.43. The largest absolute Gasteiger partial charge is 0.344 e. The van der Waals surface area contributed by atoms with E-state index in [9.17, 15) is 0 Å². The van der Waals surface area contributed by atoms with Gasteiger partial charge in [-0.25, -0.2) is 4.98 Å². The molecule has 1 aliphatic heterocycles. The Labute approximate surface area is 121 Å². The van der Waals surface area contributed by atoms with Crippen molar-refractivity contribution in [1.82, 2.24) is 14.7 Å². The quantitative estimate of drug-likeness (QED) is 0.942. The van der Waals surface area contributed by atoms with Crippen molar-refractivity contribution in [3.8, 4) is 0 Å². The van der Waals surface area contributed by atoms with Crippen molar-refractivity contribution in [3.63, 3.8) is 0 Å². The van der Waals surface area contributed by atoms with Crippen molar-refractivity contribution in [3.05, 3.63) is 40.7 Å². The van der Waals surface area contributed by atoms with Crippen LogP contribution in [-0.4, -0.2) is 35.5 Å². The van der Waals surface area contributed by atoms with Gasteiger partial charge in [0.25, 0.3) is 0 Å². The summed E-state index contributed by atoms with van der Waals surface area (Å²) in [6.07, 6.45) is 0.697. The van der Waals surface area contributed by atoms with E-state index in [4.69, 9.17) is 11.6 Å².